The second-order valence-corrected chi connectivity index (χ2v) is 6.62. The lowest BCUT2D eigenvalue weighted by Gasteiger charge is -2.06. The van der Waals surface area contributed by atoms with Crippen LogP contribution in [0.5, 0.6) is 0 Å². The number of aliphatic imine (C=N–C) groups is 1. The number of halogens is 2. The number of rotatable bonds is 1. The highest BCUT2D eigenvalue weighted by Crippen LogP contribution is 2.20. The van der Waals surface area contributed by atoms with Gasteiger partial charge in [-0.1, -0.05) is 43.6 Å². The maximum atomic E-state index is 4.70. The number of alkyl halides is 2. The normalized spacial score (nSPS) is 19.8. The van der Waals surface area contributed by atoms with Crippen LogP contribution in [0, 0.1) is 0 Å². The van der Waals surface area contributed by atoms with Gasteiger partial charge in [-0.15, -0.1) is 0 Å². The summed E-state index contributed by atoms with van der Waals surface area (Å²) in [7, 11) is 0. The van der Waals surface area contributed by atoms with Crippen LogP contribution in [0.4, 0.5) is 0 Å². The maximum Gasteiger partial charge on any atom is 0.166 e. The Morgan fingerprint density at radius 2 is 1.89 bits per heavy atom. The number of hydrogen-bond donors (Lipinski definition) is 2. The van der Waals surface area contributed by atoms with E-state index in [9.17, 15) is 0 Å². The number of fused-ring (bicyclic) bond motifs is 1. The predicted octanol–water partition coefficient (Wildman–Crippen LogP) is 1.65. The Labute approximate surface area is 135 Å². The van der Waals surface area contributed by atoms with Crippen molar-refractivity contribution in [3.63, 3.8) is 0 Å². The zero-order chi connectivity index (χ0) is 13.2. The van der Waals surface area contributed by atoms with E-state index in [2.05, 4.69) is 52.4 Å². The Kier molecular flexibility index (Phi) is 9.44. The summed E-state index contributed by atoms with van der Waals surface area (Å²) in [5, 5.41) is 10.0. The van der Waals surface area contributed by atoms with Crippen molar-refractivity contribution in [2.24, 2.45) is 4.99 Å². The van der Waals surface area contributed by atoms with Crippen LogP contribution in [0.25, 0.3) is 0 Å². The molecule has 0 amide bonds. The van der Waals surface area contributed by atoms with Crippen molar-refractivity contribution < 1.29 is 0 Å². The first-order valence-corrected chi connectivity index (χ1v) is 9.47. The van der Waals surface area contributed by atoms with Gasteiger partial charge in [0.15, 0.2) is 10.3 Å². The maximum absolute atomic E-state index is 4.70. The Morgan fingerprint density at radius 3 is 2.33 bits per heavy atom. The zero-order valence-electron chi connectivity index (χ0n) is 10.1. The fourth-order valence-electron chi connectivity index (χ4n) is 1.47. The summed E-state index contributed by atoms with van der Waals surface area (Å²) in [6.45, 7) is 5.39. The van der Waals surface area contributed by atoms with Gasteiger partial charge >= 0.3 is 0 Å². The van der Waals surface area contributed by atoms with Gasteiger partial charge < -0.3 is 15.5 Å². The first-order chi connectivity index (χ1) is 8.77. The van der Waals surface area contributed by atoms with Gasteiger partial charge in [0.2, 0.25) is 0 Å². The van der Waals surface area contributed by atoms with E-state index in [1.54, 1.807) is 0 Å². The summed E-state index contributed by atoms with van der Waals surface area (Å²) in [5.74, 6) is 1.25. The van der Waals surface area contributed by atoms with Crippen molar-refractivity contribution in [1.82, 2.24) is 15.5 Å². The molecular weight excluding hydrogens is 400 g/mol. The highest BCUT2D eigenvalue weighted by atomic mass is 79.9. The van der Waals surface area contributed by atoms with Crippen molar-refractivity contribution >= 4 is 66.1 Å². The lowest BCUT2D eigenvalue weighted by molar-refractivity contribution is 0.504. The van der Waals surface area contributed by atoms with Crippen LogP contribution >= 0.6 is 55.8 Å². The molecule has 0 aromatic heterocycles. The molecule has 3 rings (SSSR count). The van der Waals surface area contributed by atoms with E-state index in [0.717, 1.165) is 35.4 Å². The van der Waals surface area contributed by atoms with Crippen LogP contribution < -0.4 is 10.6 Å². The first kappa shape index (κ1) is 16.5. The van der Waals surface area contributed by atoms with Gasteiger partial charge in [-0.3, -0.25) is 4.99 Å². The van der Waals surface area contributed by atoms with E-state index < -0.39 is 0 Å². The number of hydrogen-bond acceptors (Lipinski definition) is 4. The average Bonchev–Trinajstić information content (AvgIpc) is 3.06. The topological polar surface area (TPSA) is 39.7 Å². The molecule has 0 aliphatic carbocycles. The molecule has 0 atom stereocenters. The van der Waals surface area contributed by atoms with Gasteiger partial charge in [0.1, 0.15) is 0 Å². The molecule has 0 saturated carbocycles. The fourth-order valence-corrected chi connectivity index (χ4v) is 2.71. The second-order valence-electron chi connectivity index (χ2n) is 3.56. The third-order valence-electron chi connectivity index (χ3n) is 2.25. The van der Waals surface area contributed by atoms with Crippen LogP contribution in [-0.4, -0.2) is 64.3 Å². The minimum absolute atomic E-state index is 0.787. The summed E-state index contributed by atoms with van der Waals surface area (Å²) in [6.07, 6.45) is 0. The Balaban J connectivity index is 0.000000145. The molecule has 104 valence electrons. The van der Waals surface area contributed by atoms with Crippen molar-refractivity contribution in [1.29, 1.82) is 0 Å². The van der Waals surface area contributed by atoms with Crippen molar-refractivity contribution in [3.05, 3.63) is 0 Å². The van der Waals surface area contributed by atoms with Crippen LogP contribution in [0.1, 0.15) is 0 Å². The number of thioether (sulfide) groups is 1. The molecule has 2 fully saturated rings. The Morgan fingerprint density at radius 1 is 1.22 bits per heavy atom. The molecule has 3 heterocycles. The standard InChI is InChI=1S/C5H8N2S.C3H6N2S.C2H4Br2/c1-2-7-3-4-8-5(7)6-1;6-3-4-1-2-5-3;3-1-2-4/h1-4H2;1-2H2,(H2,4,5,6);1-2H2. The smallest absolute Gasteiger partial charge is 0.166 e. The van der Waals surface area contributed by atoms with Crippen molar-refractivity contribution in [3.8, 4) is 0 Å². The molecule has 0 bridgehead atoms. The molecule has 2 N–H and O–H groups in total. The molecule has 3 aliphatic rings. The molecule has 3 aliphatic heterocycles. The number of amidine groups is 1. The minimum Gasteiger partial charge on any atom is -0.361 e. The summed E-state index contributed by atoms with van der Waals surface area (Å²) in [5.41, 5.74) is 0. The number of nitrogens with one attached hydrogen (secondary N) is 2. The summed E-state index contributed by atoms with van der Waals surface area (Å²) in [6, 6.07) is 0. The molecule has 8 heteroatoms. The Bertz CT molecular complexity index is 279. The Hall–Kier alpha value is 0.470. The molecule has 0 unspecified atom stereocenters. The van der Waals surface area contributed by atoms with E-state index in [4.69, 9.17) is 12.2 Å². The SMILES string of the molecule is BrCCBr.C1CN2CCSC2=N1.S=C1NCCN1. The molecule has 0 radical (unpaired) electrons. The van der Waals surface area contributed by atoms with Crippen LogP contribution in [-0.2, 0) is 0 Å². The van der Waals surface area contributed by atoms with Gasteiger partial charge in [-0.05, 0) is 12.2 Å². The second kappa shape index (κ2) is 10.3. The third kappa shape index (κ3) is 6.58. The van der Waals surface area contributed by atoms with E-state index in [1.165, 1.54) is 24.0 Å². The predicted molar refractivity (Wildman–Crippen MR) is 92.5 cm³/mol. The molecule has 0 spiro atoms. The van der Waals surface area contributed by atoms with Crippen LogP contribution in [0.2, 0.25) is 0 Å². The lowest BCUT2D eigenvalue weighted by atomic mass is 10.6. The average molecular weight is 418 g/mol. The minimum atomic E-state index is 0.787. The highest BCUT2D eigenvalue weighted by Gasteiger charge is 2.21. The van der Waals surface area contributed by atoms with Crippen molar-refractivity contribution in [2.45, 2.75) is 0 Å². The number of thiocarbonyl (C=S) groups is 1. The van der Waals surface area contributed by atoms with E-state index >= 15 is 0 Å². The molecule has 4 nitrogen and oxygen atoms in total. The van der Waals surface area contributed by atoms with Crippen LogP contribution in [0.15, 0.2) is 4.99 Å². The summed E-state index contributed by atoms with van der Waals surface area (Å²) in [4.78, 5) is 6.66. The lowest BCUT2D eigenvalue weighted by Crippen LogP contribution is -2.20. The molecule has 0 aromatic carbocycles. The first-order valence-electron chi connectivity index (χ1n) is 5.83. The fraction of sp³-hybridized carbons (Fsp3) is 0.800. The van der Waals surface area contributed by atoms with Gasteiger partial charge in [-0.25, -0.2) is 0 Å². The highest BCUT2D eigenvalue weighted by molar-refractivity contribution is 9.11. The van der Waals surface area contributed by atoms with E-state index in [-0.39, 0.29) is 0 Å². The molecular formula is C10H18Br2N4S2. The quantitative estimate of drug-likeness (QED) is 0.501. The van der Waals surface area contributed by atoms with E-state index in [0.29, 0.717) is 0 Å². The number of nitrogens with zero attached hydrogens (tertiary/aromatic N) is 2. The summed E-state index contributed by atoms with van der Waals surface area (Å²) < 4.78 is 0. The van der Waals surface area contributed by atoms with Gasteiger partial charge in [0.25, 0.3) is 0 Å². The molecule has 2 saturated heterocycles. The van der Waals surface area contributed by atoms with Gasteiger partial charge in [-0.2, -0.15) is 0 Å². The third-order valence-corrected chi connectivity index (χ3v) is 5.43. The van der Waals surface area contributed by atoms with Gasteiger partial charge in [0, 0.05) is 42.6 Å². The van der Waals surface area contributed by atoms with Gasteiger partial charge in [0.05, 0.1) is 6.54 Å². The largest absolute Gasteiger partial charge is 0.361 e. The summed E-state index contributed by atoms with van der Waals surface area (Å²) >= 11 is 13.0. The monoisotopic (exact) mass is 416 g/mol. The molecule has 18 heavy (non-hydrogen) atoms. The zero-order valence-corrected chi connectivity index (χ0v) is 14.9. The van der Waals surface area contributed by atoms with Crippen LogP contribution in [0.3, 0.4) is 0 Å². The van der Waals surface area contributed by atoms with Crippen molar-refractivity contribution in [2.75, 3.05) is 49.1 Å². The molecule has 0 aromatic rings. The van der Waals surface area contributed by atoms with E-state index in [1.807, 2.05) is 11.8 Å².